The number of piperidine rings is 1. The maximum absolute atomic E-state index is 12.6. The van der Waals surface area contributed by atoms with Gasteiger partial charge in [0.05, 0.1) is 5.92 Å². The second-order valence-electron chi connectivity index (χ2n) is 8.16. The van der Waals surface area contributed by atoms with Gasteiger partial charge in [0.2, 0.25) is 11.8 Å². The molecule has 164 valence electrons. The number of rotatable bonds is 4. The van der Waals surface area contributed by atoms with Crippen molar-refractivity contribution >= 4 is 18.3 Å². The van der Waals surface area contributed by atoms with E-state index in [1.165, 1.54) is 5.56 Å². The van der Waals surface area contributed by atoms with Crippen molar-refractivity contribution in [3.63, 3.8) is 0 Å². The fourth-order valence-corrected chi connectivity index (χ4v) is 4.62. The molecule has 3 aliphatic heterocycles. The standard InChI is InChI=1S/C21H30N4O2.CH2O2/c26-20-14-18(15-22-20)21(27)25-8-6-19(7-9-25)24-12-10-23(11-13-24)16-17-4-2-1-3-5-17;2-1-3/h1-5,18-19H,6-16H2,(H,22,26);1H,(H,2,3). The molecule has 0 aromatic heterocycles. The number of amides is 2. The Morgan fingerprint density at radius 1 is 1.07 bits per heavy atom. The molecule has 8 heteroatoms. The average molecular weight is 417 g/mol. The van der Waals surface area contributed by atoms with E-state index in [0.29, 0.717) is 19.0 Å². The molecule has 3 heterocycles. The van der Waals surface area contributed by atoms with Crippen LogP contribution in [0.3, 0.4) is 0 Å². The molecule has 2 amide bonds. The number of piperazine rings is 1. The summed E-state index contributed by atoms with van der Waals surface area (Å²) in [6.45, 7) is 7.43. The third kappa shape index (κ3) is 6.03. The SMILES string of the molecule is O=C1CC(C(=O)N2CCC(N3CCN(Cc4ccccc4)CC3)CC2)CN1.O=CO. The maximum atomic E-state index is 12.6. The normalized spacial score (nSPS) is 23.4. The molecule has 0 aliphatic carbocycles. The summed E-state index contributed by atoms with van der Waals surface area (Å²) in [7, 11) is 0. The van der Waals surface area contributed by atoms with E-state index in [4.69, 9.17) is 9.90 Å². The van der Waals surface area contributed by atoms with Crippen molar-refractivity contribution in [2.45, 2.75) is 31.8 Å². The Balaban J connectivity index is 0.000000806. The van der Waals surface area contributed by atoms with Gasteiger partial charge in [0.25, 0.3) is 6.47 Å². The largest absolute Gasteiger partial charge is 0.483 e. The number of carbonyl (C=O) groups is 3. The molecule has 3 fully saturated rings. The van der Waals surface area contributed by atoms with Crippen LogP contribution in [0, 0.1) is 5.92 Å². The van der Waals surface area contributed by atoms with Gasteiger partial charge in [-0.2, -0.15) is 0 Å². The van der Waals surface area contributed by atoms with Crippen molar-refractivity contribution in [1.82, 2.24) is 20.0 Å². The first-order valence-corrected chi connectivity index (χ1v) is 10.7. The van der Waals surface area contributed by atoms with E-state index in [1.54, 1.807) is 0 Å². The lowest BCUT2D eigenvalue weighted by Crippen LogP contribution is -2.54. The molecule has 0 radical (unpaired) electrons. The molecule has 1 atom stereocenters. The first-order chi connectivity index (χ1) is 14.6. The maximum Gasteiger partial charge on any atom is 0.290 e. The minimum Gasteiger partial charge on any atom is -0.483 e. The van der Waals surface area contributed by atoms with E-state index < -0.39 is 0 Å². The molecule has 4 rings (SSSR count). The van der Waals surface area contributed by atoms with Gasteiger partial charge in [-0.3, -0.25) is 24.2 Å². The lowest BCUT2D eigenvalue weighted by molar-refractivity contribution is -0.137. The summed E-state index contributed by atoms with van der Waals surface area (Å²) < 4.78 is 0. The minimum atomic E-state index is -0.250. The van der Waals surface area contributed by atoms with Crippen LogP contribution < -0.4 is 5.32 Å². The van der Waals surface area contributed by atoms with E-state index in [-0.39, 0.29) is 24.2 Å². The zero-order chi connectivity index (χ0) is 21.3. The third-order valence-electron chi connectivity index (χ3n) is 6.28. The number of hydrogen-bond donors (Lipinski definition) is 2. The summed E-state index contributed by atoms with van der Waals surface area (Å²) >= 11 is 0. The van der Waals surface area contributed by atoms with Gasteiger partial charge >= 0.3 is 0 Å². The Morgan fingerprint density at radius 3 is 2.27 bits per heavy atom. The quantitative estimate of drug-likeness (QED) is 0.700. The zero-order valence-corrected chi connectivity index (χ0v) is 17.4. The molecule has 2 N–H and O–H groups in total. The van der Waals surface area contributed by atoms with Crippen LogP contribution >= 0.6 is 0 Å². The Hall–Kier alpha value is -2.45. The van der Waals surface area contributed by atoms with Crippen LogP contribution in [0.1, 0.15) is 24.8 Å². The first-order valence-electron chi connectivity index (χ1n) is 10.7. The molecule has 1 unspecified atom stereocenters. The average Bonchev–Trinajstić information content (AvgIpc) is 3.21. The van der Waals surface area contributed by atoms with Gasteiger partial charge in [0, 0.05) is 64.8 Å². The fraction of sp³-hybridized carbons (Fsp3) is 0.591. The second kappa shape index (κ2) is 11.1. The number of carboxylic acid groups (broad SMARTS) is 1. The molecule has 1 aromatic rings. The van der Waals surface area contributed by atoms with Crippen LogP contribution in [0.4, 0.5) is 0 Å². The van der Waals surface area contributed by atoms with Crippen LogP contribution in [-0.4, -0.2) is 89.9 Å². The Bertz CT molecular complexity index is 698. The van der Waals surface area contributed by atoms with Crippen molar-refractivity contribution in [1.29, 1.82) is 0 Å². The number of carbonyl (C=O) groups excluding carboxylic acids is 2. The number of likely N-dealkylation sites (tertiary alicyclic amines) is 1. The zero-order valence-electron chi connectivity index (χ0n) is 17.4. The number of benzene rings is 1. The number of nitrogens with one attached hydrogen (secondary N) is 1. The van der Waals surface area contributed by atoms with Crippen LogP contribution in [0.5, 0.6) is 0 Å². The van der Waals surface area contributed by atoms with Crippen molar-refractivity contribution in [2.75, 3.05) is 45.8 Å². The van der Waals surface area contributed by atoms with Crippen LogP contribution in [0.15, 0.2) is 30.3 Å². The van der Waals surface area contributed by atoms with E-state index in [1.807, 2.05) is 4.90 Å². The van der Waals surface area contributed by atoms with Gasteiger partial charge in [-0.15, -0.1) is 0 Å². The summed E-state index contributed by atoms with van der Waals surface area (Å²) in [5.74, 6) is 0.0340. The van der Waals surface area contributed by atoms with Crippen LogP contribution in [0.2, 0.25) is 0 Å². The second-order valence-corrected chi connectivity index (χ2v) is 8.16. The molecule has 0 saturated carbocycles. The van der Waals surface area contributed by atoms with Gasteiger partial charge in [0.1, 0.15) is 0 Å². The Labute approximate surface area is 177 Å². The topological polar surface area (TPSA) is 93.2 Å². The highest BCUT2D eigenvalue weighted by Gasteiger charge is 2.34. The van der Waals surface area contributed by atoms with E-state index in [0.717, 1.165) is 58.7 Å². The molecule has 3 aliphatic rings. The number of nitrogens with zero attached hydrogens (tertiary/aromatic N) is 3. The smallest absolute Gasteiger partial charge is 0.290 e. The highest BCUT2D eigenvalue weighted by molar-refractivity contribution is 5.89. The highest BCUT2D eigenvalue weighted by atomic mass is 16.3. The minimum absolute atomic E-state index is 0.0107. The summed E-state index contributed by atoms with van der Waals surface area (Å²) in [6, 6.07) is 11.3. The fourth-order valence-electron chi connectivity index (χ4n) is 4.62. The molecule has 1 aromatic carbocycles. The summed E-state index contributed by atoms with van der Waals surface area (Å²) in [6.07, 6.45) is 2.47. The molecule has 0 bridgehead atoms. The molecule has 3 saturated heterocycles. The monoisotopic (exact) mass is 416 g/mol. The van der Waals surface area contributed by atoms with Crippen molar-refractivity contribution in [3.05, 3.63) is 35.9 Å². The van der Waals surface area contributed by atoms with Gasteiger partial charge in [-0.1, -0.05) is 30.3 Å². The Morgan fingerprint density at radius 2 is 1.70 bits per heavy atom. The predicted octanol–water partition coefficient (Wildman–Crippen LogP) is 0.632. The van der Waals surface area contributed by atoms with Gasteiger partial charge in [0.15, 0.2) is 0 Å². The van der Waals surface area contributed by atoms with Crippen LogP contribution in [0.25, 0.3) is 0 Å². The van der Waals surface area contributed by atoms with Crippen molar-refractivity contribution in [3.8, 4) is 0 Å². The van der Waals surface area contributed by atoms with E-state index >= 15 is 0 Å². The number of hydrogen-bond acceptors (Lipinski definition) is 5. The molecule has 8 nitrogen and oxygen atoms in total. The summed E-state index contributed by atoms with van der Waals surface area (Å²) in [4.78, 5) is 39.4. The molecular weight excluding hydrogens is 384 g/mol. The van der Waals surface area contributed by atoms with Crippen molar-refractivity contribution < 1.29 is 19.5 Å². The van der Waals surface area contributed by atoms with Crippen LogP contribution in [-0.2, 0) is 20.9 Å². The summed E-state index contributed by atoms with van der Waals surface area (Å²) in [5, 5.41) is 9.66. The van der Waals surface area contributed by atoms with Gasteiger partial charge in [-0.25, -0.2) is 0 Å². The lowest BCUT2D eigenvalue weighted by atomic mass is 9.99. The Kier molecular flexibility index (Phi) is 8.21. The molecule has 30 heavy (non-hydrogen) atoms. The highest BCUT2D eigenvalue weighted by Crippen LogP contribution is 2.22. The van der Waals surface area contributed by atoms with E-state index in [9.17, 15) is 9.59 Å². The first kappa shape index (κ1) is 22.2. The van der Waals surface area contributed by atoms with E-state index in [2.05, 4.69) is 45.4 Å². The third-order valence-corrected chi connectivity index (χ3v) is 6.28. The summed E-state index contributed by atoms with van der Waals surface area (Å²) in [5.41, 5.74) is 1.39. The predicted molar refractivity (Wildman–Crippen MR) is 113 cm³/mol. The lowest BCUT2D eigenvalue weighted by Gasteiger charge is -2.43. The van der Waals surface area contributed by atoms with Gasteiger partial charge < -0.3 is 15.3 Å². The molecule has 0 spiro atoms. The van der Waals surface area contributed by atoms with Crippen molar-refractivity contribution in [2.24, 2.45) is 5.92 Å². The van der Waals surface area contributed by atoms with Gasteiger partial charge in [-0.05, 0) is 18.4 Å². The molecular formula is C22H32N4O4.